The normalized spacial score (nSPS) is 13.4. The van der Waals surface area contributed by atoms with E-state index in [2.05, 4.69) is 62.3 Å². The summed E-state index contributed by atoms with van der Waals surface area (Å²) in [7, 11) is 8.68. The number of aryl methyl sites for hydroxylation is 4. The van der Waals surface area contributed by atoms with Gasteiger partial charge < -0.3 is 9.80 Å². The summed E-state index contributed by atoms with van der Waals surface area (Å²) < 4.78 is 0. The number of rotatable bonds is 12. The molecule has 0 N–H and O–H groups in total. The quantitative estimate of drug-likeness (QED) is 0.449. The van der Waals surface area contributed by atoms with Gasteiger partial charge in [0.25, 0.3) is 0 Å². The summed E-state index contributed by atoms with van der Waals surface area (Å²) in [6, 6.07) is 9.74. The van der Waals surface area contributed by atoms with Crippen molar-refractivity contribution in [1.82, 2.24) is 9.80 Å². The molecule has 2 nitrogen and oxygen atoms in total. The predicted molar refractivity (Wildman–Crippen MR) is 124 cm³/mol. The first-order chi connectivity index (χ1) is 13.6. The second-order valence-corrected chi connectivity index (χ2v) is 9.24. The second-order valence-electron chi connectivity index (χ2n) is 9.24. The van der Waals surface area contributed by atoms with E-state index in [1.54, 1.807) is 33.0 Å². The highest BCUT2D eigenvalue weighted by atomic mass is 15.0. The Hall–Kier alpha value is -1.38. The summed E-state index contributed by atoms with van der Waals surface area (Å²) >= 11 is 0. The van der Waals surface area contributed by atoms with E-state index in [1.165, 1.54) is 77.3 Å². The van der Waals surface area contributed by atoms with Crippen LogP contribution >= 0.6 is 0 Å². The standard InChI is InChI=1S/C26H40N2/c1-27(2)19-9-5-7-11-21-13-14-23-16-18-25-22(15-17-24(21)26(23)25)12-8-6-10-20-28(3)4/h13-15,17H,5-12,16,18-20H2,1-4H3. The molecule has 2 heteroatoms. The minimum absolute atomic E-state index is 1.21. The fourth-order valence-corrected chi connectivity index (χ4v) is 4.75. The Labute approximate surface area is 172 Å². The van der Waals surface area contributed by atoms with Gasteiger partial charge in [-0.2, -0.15) is 0 Å². The van der Waals surface area contributed by atoms with Crippen LogP contribution < -0.4 is 0 Å². The monoisotopic (exact) mass is 380 g/mol. The third-order valence-electron chi connectivity index (χ3n) is 6.31. The Balaban J connectivity index is 1.63. The van der Waals surface area contributed by atoms with Crippen LogP contribution in [0.5, 0.6) is 0 Å². The largest absolute Gasteiger partial charge is 0.309 e. The Bertz CT molecular complexity index is 761. The zero-order valence-corrected chi connectivity index (χ0v) is 18.7. The topological polar surface area (TPSA) is 6.48 Å². The van der Waals surface area contributed by atoms with Crippen LogP contribution in [0.15, 0.2) is 24.3 Å². The summed E-state index contributed by atoms with van der Waals surface area (Å²) in [6.07, 6.45) is 12.9. The van der Waals surface area contributed by atoms with Gasteiger partial charge in [-0.05, 0) is 126 Å². The van der Waals surface area contributed by atoms with Gasteiger partial charge in [-0.25, -0.2) is 0 Å². The van der Waals surface area contributed by atoms with Gasteiger partial charge in [-0.15, -0.1) is 0 Å². The molecule has 0 radical (unpaired) electrons. The number of unbranched alkanes of at least 4 members (excludes halogenated alkanes) is 4. The van der Waals surface area contributed by atoms with Crippen molar-refractivity contribution in [3.05, 3.63) is 46.5 Å². The highest BCUT2D eigenvalue weighted by Gasteiger charge is 2.19. The molecule has 0 fully saturated rings. The zero-order valence-electron chi connectivity index (χ0n) is 18.7. The smallest absolute Gasteiger partial charge is 0.00248 e. The predicted octanol–water partition coefficient (Wildman–Crippen LogP) is 5.49. The number of hydrogen-bond acceptors (Lipinski definition) is 2. The van der Waals surface area contributed by atoms with Crippen molar-refractivity contribution in [1.29, 1.82) is 0 Å². The molecule has 0 heterocycles. The van der Waals surface area contributed by atoms with E-state index in [4.69, 9.17) is 0 Å². The van der Waals surface area contributed by atoms with Crippen molar-refractivity contribution in [2.75, 3.05) is 41.3 Å². The van der Waals surface area contributed by atoms with E-state index >= 15 is 0 Å². The fraction of sp³-hybridized carbons (Fsp3) is 0.615. The maximum absolute atomic E-state index is 2.45. The van der Waals surface area contributed by atoms with Crippen molar-refractivity contribution in [3.63, 3.8) is 0 Å². The Morgan fingerprint density at radius 3 is 1.89 bits per heavy atom. The molecule has 0 bridgehead atoms. The van der Waals surface area contributed by atoms with E-state index in [0.717, 1.165) is 0 Å². The molecular weight excluding hydrogens is 340 g/mol. The summed E-state index contributed by atoms with van der Waals surface area (Å²) in [6.45, 7) is 2.42. The minimum Gasteiger partial charge on any atom is -0.309 e. The molecule has 3 rings (SSSR count). The maximum Gasteiger partial charge on any atom is -0.00248 e. The molecular formula is C26H40N2. The van der Waals surface area contributed by atoms with Gasteiger partial charge in [0.05, 0.1) is 0 Å². The molecule has 0 spiro atoms. The van der Waals surface area contributed by atoms with Crippen molar-refractivity contribution in [2.45, 2.75) is 64.2 Å². The van der Waals surface area contributed by atoms with Crippen LogP contribution in [0.3, 0.4) is 0 Å². The van der Waals surface area contributed by atoms with E-state index in [9.17, 15) is 0 Å². The SMILES string of the molecule is CN(C)CCCCCc1ccc2c(CCCCCN(C)C)ccc3c2c1CC3. The highest BCUT2D eigenvalue weighted by molar-refractivity contribution is 5.94. The molecule has 1 aliphatic carbocycles. The van der Waals surface area contributed by atoms with Crippen LogP contribution in [0.1, 0.15) is 60.8 Å². The molecule has 0 saturated carbocycles. The van der Waals surface area contributed by atoms with E-state index in [1.807, 2.05) is 0 Å². The molecule has 2 aromatic carbocycles. The van der Waals surface area contributed by atoms with Gasteiger partial charge in [0, 0.05) is 0 Å². The minimum atomic E-state index is 1.21. The van der Waals surface area contributed by atoms with Gasteiger partial charge in [0.15, 0.2) is 0 Å². The van der Waals surface area contributed by atoms with Gasteiger partial charge in [0.1, 0.15) is 0 Å². The summed E-state index contributed by atoms with van der Waals surface area (Å²) in [5.74, 6) is 0. The molecule has 0 unspecified atom stereocenters. The number of benzene rings is 2. The van der Waals surface area contributed by atoms with Crippen LogP contribution in [-0.4, -0.2) is 51.1 Å². The first-order valence-corrected chi connectivity index (χ1v) is 11.4. The lowest BCUT2D eigenvalue weighted by atomic mass is 9.92. The molecule has 1 aliphatic rings. The average Bonchev–Trinajstić information content (AvgIpc) is 3.09. The first-order valence-electron chi connectivity index (χ1n) is 11.4. The fourth-order valence-electron chi connectivity index (χ4n) is 4.75. The third-order valence-corrected chi connectivity index (χ3v) is 6.31. The lowest BCUT2D eigenvalue weighted by Crippen LogP contribution is -2.12. The average molecular weight is 381 g/mol. The van der Waals surface area contributed by atoms with Crippen LogP contribution in [0.25, 0.3) is 10.8 Å². The second kappa shape index (κ2) is 10.4. The van der Waals surface area contributed by atoms with Crippen molar-refractivity contribution in [2.24, 2.45) is 0 Å². The van der Waals surface area contributed by atoms with Gasteiger partial charge in [-0.1, -0.05) is 37.1 Å². The summed E-state index contributed by atoms with van der Waals surface area (Å²) in [5, 5.41) is 3.17. The molecule has 0 saturated heterocycles. The molecule has 0 aromatic heterocycles. The lowest BCUT2D eigenvalue weighted by Gasteiger charge is -2.13. The third kappa shape index (κ3) is 5.58. The zero-order chi connectivity index (χ0) is 19.9. The maximum atomic E-state index is 2.45. The van der Waals surface area contributed by atoms with Crippen molar-refractivity contribution in [3.8, 4) is 0 Å². The molecule has 0 atom stereocenters. The van der Waals surface area contributed by atoms with Crippen LogP contribution in [0.4, 0.5) is 0 Å². The first kappa shape index (κ1) is 21.3. The Morgan fingerprint density at radius 1 is 0.643 bits per heavy atom. The number of nitrogens with zero attached hydrogens (tertiary/aromatic N) is 2. The van der Waals surface area contributed by atoms with Gasteiger partial charge >= 0.3 is 0 Å². The summed E-state index contributed by atoms with van der Waals surface area (Å²) in [4.78, 5) is 4.59. The van der Waals surface area contributed by atoms with Crippen molar-refractivity contribution < 1.29 is 0 Å². The lowest BCUT2D eigenvalue weighted by molar-refractivity contribution is 0.391. The van der Waals surface area contributed by atoms with Crippen molar-refractivity contribution >= 4 is 10.8 Å². The van der Waals surface area contributed by atoms with E-state index < -0.39 is 0 Å². The van der Waals surface area contributed by atoms with Gasteiger partial charge in [-0.3, -0.25) is 0 Å². The van der Waals surface area contributed by atoms with Crippen LogP contribution in [-0.2, 0) is 25.7 Å². The molecule has 0 aliphatic heterocycles. The molecule has 154 valence electrons. The Morgan fingerprint density at radius 2 is 1.25 bits per heavy atom. The molecule has 28 heavy (non-hydrogen) atoms. The molecule has 0 amide bonds. The van der Waals surface area contributed by atoms with Crippen LogP contribution in [0, 0.1) is 0 Å². The van der Waals surface area contributed by atoms with E-state index in [0.29, 0.717) is 0 Å². The van der Waals surface area contributed by atoms with Crippen LogP contribution in [0.2, 0.25) is 0 Å². The van der Waals surface area contributed by atoms with Gasteiger partial charge in [0.2, 0.25) is 0 Å². The Kier molecular flexibility index (Phi) is 7.93. The number of hydrogen-bond donors (Lipinski definition) is 0. The van der Waals surface area contributed by atoms with E-state index in [-0.39, 0.29) is 0 Å². The summed E-state index contributed by atoms with van der Waals surface area (Å²) in [5.41, 5.74) is 6.47. The highest BCUT2D eigenvalue weighted by Crippen LogP contribution is 2.36. The molecule has 2 aromatic rings.